The van der Waals surface area contributed by atoms with E-state index in [1.54, 1.807) is 24.3 Å². The number of aromatic nitrogens is 1. The number of aromatic amines is 1. The predicted octanol–water partition coefficient (Wildman–Crippen LogP) is 2.35. The number of urea groups is 1. The van der Waals surface area contributed by atoms with Crippen molar-refractivity contribution in [3.8, 4) is 5.75 Å². The number of fused-ring (bicyclic) bond motifs is 1. The van der Waals surface area contributed by atoms with Crippen LogP contribution in [0, 0.1) is 0 Å². The molecule has 28 heavy (non-hydrogen) atoms. The minimum absolute atomic E-state index is 0.228. The van der Waals surface area contributed by atoms with Crippen LogP contribution in [-0.4, -0.2) is 47.2 Å². The number of nitrogens with zero attached hydrogens (tertiary/aromatic N) is 2. The lowest BCUT2D eigenvalue weighted by molar-refractivity contribution is -0.139. The molecule has 1 aromatic heterocycles. The monoisotopic (exact) mass is 377 g/mol. The fourth-order valence-electron chi connectivity index (χ4n) is 3.13. The first kappa shape index (κ1) is 17.5. The molecule has 1 aliphatic rings. The Bertz CT molecular complexity index is 1120. The molecule has 140 valence electrons. The van der Waals surface area contributed by atoms with Gasteiger partial charge in [-0.25, -0.2) is 14.6 Å². The van der Waals surface area contributed by atoms with Crippen molar-refractivity contribution < 1.29 is 23.9 Å². The molecule has 0 bridgehead atoms. The second kappa shape index (κ2) is 6.66. The molecule has 0 radical (unpaired) electrons. The van der Waals surface area contributed by atoms with Gasteiger partial charge in [-0.1, -0.05) is 18.2 Å². The van der Waals surface area contributed by atoms with Gasteiger partial charge >= 0.3 is 17.8 Å². The number of methoxy groups -OCH3 is 1. The summed E-state index contributed by atoms with van der Waals surface area (Å²) in [7, 11) is 1.49. The minimum Gasteiger partial charge on any atom is -0.497 e. The first-order valence-corrected chi connectivity index (χ1v) is 8.44. The van der Waals surface area contributed by atoms with E-state index < -0.39 is 30.2 Å². The average molecular weight is 377 g/mol. The number of amides is 4. The van der Waals surface area contributed by atoms with E-state index in [1.165, 1.54) is 25.4 Å². The highest BCUT2D eigenvalue weighted by atomic mass is 16.5. The van der Waals surface area contributed by atoms with Crippen LogP contribution in [0.4, 0.5) is 10.5 Å². The summed E-state index contributed by atoms with van der Waals surface area (Å²) in [6.45, 7) is -0.516. The summed E-state index contributed by atoms with van der Waals surface area (Å²) < 4.78 is 5.04. The third-order valence-electron chi connectivity index (χ3n) is 4.58. The molecular weight excluding hydrogens is 362 g/mol. The van der Waals surface area contributed by atoms with Crippen molar-refractivity contribution in [2.45, 2.75) is 0 Å². The van der Waals surface area contributed by atoms with Gasteiger partial charge in [-0.3, -0.25) is 14.4 Å². The van der Waals surface area contributed by atoms with Gasteiger partial charge in [0.2, 0.25) is 0 Å². The van der Waals surface area contributed by atoms with Gasteiger partial charge in [0.25, 0.3) is 0 Å². The first-order valence-electron chi connectivity index (χ1n) is 8.44. The van der Waals surface area contributed by atoms with Crippen molar-refractivity contribution in [1.29, 1.82) is 0 Å². The van der Waals surface area contributed by atoms with Gasteiger partial charge < -0.3 is 9.72 Å². The minimum atomic E-state index is -1.03. The molecule has 8 nitrogen and oxygen atoms in total. The molecule has 4 amide bonds. The summed E-state index contributed by atoms with van der Waals surface area (Å²) in [5.41, 5.74) is 1.35. The number of H-pyrrole nitrogens is 1. The SMILES string of the molecule is COc1ccc(N2C(=O)C(=O)N(CC(=O)c3c[nH]c4ccccc34)C2=O)cc1. The Labute approximate surface area is 159 Å². The number of carbonyl (C=O) groups excluding carboxylic acids is 4. The van der Waals surface area contributed by atoms with Gasteiger partial charge in [-0.15, -0.1) is 0 Å². The standard InChI is InChI=1S/C20H15N3O5/c1-28-13-8-6-12(7-9-13)23-19(26)18(25)22(20(23)27)11-17(24)15-10-21-16-5-3-2-4-14(15)16/h2-10,21H,11H2,1H3. The zero-order valence-corrected chi connectivity index (χ0v) is 14.8. The maximum Gasteiger partial charge on any atom is 0.339 e. The molecule has 3 aromatic rings. The van der Waals surface area contributed by atoms with Crippen molar-refractivity contribution >= 4 is 40.2 Å². The Kier molecular flexibility index (Phi) is 4.15. The van der Waals surface area contributed by atoms with E-state index >= 15 is 0 Å². The topological polar surface area (TPSA) is 99.8 Å². The van der Waals surface area contributed by atoms with Gasteiger partial charge in [-0.05, 0) is 30.3 Å². The van der Waals surface area contributed by atoms with Crippen LogP contribution in [0.15, 0.2) is 54.7 Å². The lowest BCUT2D eigenvalue weighted by Gasteiger charge is -2.15. The lowest BCUT2D eigenvalue weighted by atomic mass is 10.1. The van der Waals surface area contributed by atoms with Crippen molar-refractivity contribution in [2.75, 3.05) is 18.6 Å². The zero-order valence-electron chi connectivity index (χ0n) is 14.8. The van der Waals surface area contributed by atoms with Crippen molar-refractivity contribution in [1.82, 2.24) is 9.88 Å². The van der Waals surface area contributed by atoms with E-state index in [2.05, 4.69) is 4.98 Å². The number of ketones is 1. The molecule has 4 rings (SSSR count). The van der Waals surface area contributed by atoms with E-state index in [0.717, 1.165) is 10.4 Å². The zero-order chi connectivity index (χ0) is 19.8. The van der Waals surface area contributed by atoms with Crippen LogP contribution in [0.3, 0.4) is 0 Å². The number of para-hydroxylation sites is 1. The Morgan fingerprint density at radius 1 is 1.00 bits per heavy atom. The molecule has 0 saturated carbocycles. The number of ether oxygens (including phenoxy) is 1. The van der Waals surface area contributed by atoms with E-state index in [9.17, 15) is 19.2 Å². The molecule has 0 spiro atoms. The summed E-state index contributed by atoms with van der Waals surface area (Å²) >= 11 is 0. The maximum atomic E-state index is 12.7. The largest absolute Gasteiger partial charge is 0.497 e. The fraction of sp³-hybridized carbons (Fsp3) is 0.100. The van der Waals surface area contributed by atoms with Gasteiger partial charge in [0.05, 0.1) is 19.3 Å². The molecule has 1 fully saturated rings. The van der Waals surface area contributed by atoms with Gasteiger partial charge in [-0.2, -0.15) is 0 Å². The van der Waals surface area contributed by atoms with Gasteiger partial charge in [0.1, 0.15) is 5.75 Å². The Morgan fingerprint density at radius 3 is 2.43 bits per heavy atom. The quantitative estimate of drug-likeness (QED) is 0.418. The number of hydrogen-bond acceptors (Lipinski definition) is 5. The maximum absolute atomic E-state index is 12.7. The van der Waals surface area contributed by atoms with E-state index in [1.807, 2.05) is 12.1 Å². The molecule has 0 aliphatic carbocycles. The molecular formula is C20H15N3O5. The normalized spacial score (nSPS) is 14.2. The molecule has 0 atom stereocenters. The summed E-state index contributed by atoms with van der Waals surface area (Å²) in [5.74, 6) is -1.93. The van der Waals surface area contributed by atoms with Crippen molar-refractivity contribution in [3.05, 3.63) is 60.3 Å². The van der Waals surface area contributed by atoms with Crippen LogP contribution in [0.2, 0.25) is 0 Å². The number of rotatable bonds is 5. The lowest BCUT2D eigenvalue weighted by Crippen LogP contribution is -2.37. The summed E-state index contributed by atoms with van der Waals surface area (Å²) in [5, 5.41) is 0.685. The first-order chi connectivity index (χ1) is 13.5. The number of hydrogen-bond donors (Lipinski definition) is 1. The molecule has 2 aromatic carbocycles. The molecule has 1 N–H and O–H groups in total. The third kappa shape index (κ3) is 2.71. The van der Waals surface area contributed by atoms with Gasteiger partial charge in [0, 0.05) is 22.7 Å². The predicted molar refractivity (Wildman–Crippen MR) is 100 cm³/mol. The van der Waals surface area contributed by atoms with Gasteiger partial charge in [0.15, 0.2) is 5.78 Å². The van der Waals surface area contributed by atoms with Crippen LogP contribution < -0.4 is 9.64 Å². The van der Waals surface area contributed by atoms with Crippen LogP contribution in [0.1, 0.15) is 10.4 Å². The van der Waals surface area contributed by atoms with Crippen LogP contribution in [0.25, 0.3) is 10.9 Å². The molecule has 1 aliphatic heterocycles. The summed E-state index contributed by atoms with van der Waals surface area (Å²) in [4.78, 5) is 54.4. The Balaban J connectivity index is 1.59. The number of nitrogens with one attached hydrogen (secondary N) is 1. The summed E-state index contributed by atoms with van der Waals surface area (Å²) in [6.07, 6.45) is 1.53. The molecule has 8 heteroatoms. The molecule has 0 unspecified atom stereocenters. The highest BCUT2D eigenvalue weighted by Crippen LogP contribution is 2.25. The van der Waals surface area contributed by atoms with Crippen molar-refractivity contribution in [3.63, 3.8) is 0 Å². The van der Waals surface area contributed by atoms with Crippen molar-refractivity contribution in [2.24, 2.45) is 0 Å². The third-order valence-corrected chi connectivity index (χ3v) is 4.58. The fourth-order valence-corrected chi connectivity index (χ4v) is 3.13. The second-order valence-corrected chi connectivity index (χ2v) is 6.18. The van der Waals surface area contributed by atoms with Crippen LogP contribution in [0.5, 0.6) is 5.75 Å². The Morgan fingerprint density at radius 2 is 1.71 bits per heavy atom. The van der Waals surface area contributed by atoms with E-state index in [4.69, 9.17) is 4.74 Å². The van der Waals surface area contributed by atoms with Crippen LogP contribution in [-0.2, 0) is 9.59 Å². The second-order valence-electron chi connectivity index (χ2n) is 6.18. The number of imide groups is 2. The van der Waals surface area contributed by atoms with E-state index in [0.29, 0.717) is 21.6 Å². The molecule has 2 heterocycles. The number of Topliss-reactive ketones (excluding diaryl/α,β-unsaturated/α-hetero) is 1. The number of carbonyl (C=O) groups is 4. The average Bonchev–Trinajstić information content (AvgIpc) is 3.23. The summed E-state index contributed by atoms with van der Waals surface area (Å²) in [6, 6.07) is 12.5. The number of benzene rings is 2. The van der Waals surface area contributed by atoms with E-state index in [-0.39, 0.29) is 5.69 Å². The Hall–Kier alpha value is -3.94. The number of anilines is 1. The van der Waals surface area contributed by atoms with Crippen LogP contribution >= 0.6 is 0 Å². The smallest absolute Gasteiger partial charge is 0.339 e. The highest BCUT2D eigenvalue weighted by Gasteiger charge is 2.46. The molecule has 1 saturated heterocycles. The highest BCUT2D eigenvalue weighted by molar-refractivity contribution is 6.53.